The molecule has 0 saturated carbocycles. The minimum atomic E-state index is -0.928. The molecule has 1 amide bonds. The van der Waals surface area contributed by atoms with Crippen LogP contribution in [0.1, 0.15) is 12.5 Å². The number of carbonyl (C=O) groups is 2. The Kier molecular flexibility index (Phi) is 6.21. The first-order valence-corrected chi connectivity index (χ1v) is 7.01. The zero-order chi connectivity index (χ0) is 14.3. The summed E-state index contributed by atoms with van der Waals surface area (Å²) in [5.41, 5.74) is 1.65. The maximum Gasteiger partial charge on any atom is 0.313 e. The van der Waals surface area contributed by atoms with Crippen molar-refractivity contribution in [3.05, 3.63) is 23.8 Å². The van der Waals surface area contributed by atoms with Gasteiger partial charge in [0.2, 0.25) is 5.91 Å². The van der Waals surface area contributed by atoms with E-state index >= 15 is 0 Å². The Morgan fingerprint density at radius 1 is 1.37 bits per heavy atom. The molecular formula is C13H17NO4S. The van der Waals surface area contributed by atoms with Crippen LogP contribution in [0.2, 0.25) is 0 Å². The van der Waals surface area contributed by atoms with Crippen molar-refractivity contribution in [3.63, 3.8) is 0 Å². The first-order chi connectivity index (χ1) is 9.02. The van der Waals surface area contributed by atoms with Crippen LogP contribution in [0, 0.1) is 6.92 Å². The summed E-state index contributed by atoms with van der Waals surface area (Å²) in [6.07, 6.45) is 0. The smallest absolute Gasteiger partial charge is 0.313 e. The molecule has 0 radical (unpaired) electrons. The van der Waals surface area contributed by atoms with Crippen molar-refractivity contribution in [2.45, 2.75) is 13.8 Å². The Morgan fingerprint density at radius 2 is 2.11 bits per heavy atom. The molecule has 0 spiro atoms. The average molecular weight is 283 g/mol. The van der Waals surface area contributed by atoms with Crippen molar-refractivity contribution in [2.24, 2.45) is 0 Å². The second kappa shape index (κ2) is 7.68. The van der Waals surface area contributed by atoms with Crippen molar-refractivity contribution in [1.82, 2.24) is 0 Å². The van der Waals surface area contributed by atoms with E-state index in [1.54, 1.807) is 6.07 Å². The van der Waals surface area contributed by atoms with Gasteiger partial charge in [-0.25, -0.2) is 0 Å². The molecule has 1 rings (SSSR count). The second-order valence-corrected chi connectivity index (χ2v) is 4.85. The van der Waals surface area contributed by atoms with Gasteiger partial charge in [0.25, 0.3) is 0 Å². The van der Waals surface area contributed by atoms with E-state index in [4.69, 9.17) is 9.84 Å². The van der Waals surface area contributed by atoms with E-state index in [-0.39, 0.29) is 17.4 Å². The highest BCUT2D eigenvalue weighted by Crippen LogP contribution is 2.25. The van der Waals surface area contributed by atoms with Gasteiger partial charge in [-0.1, -0.05) is 6.07 Å². The Labute approximate surface area is 116 Å². The van der Waals surface area contributed by atoms with Crippen molar-refractivity contribution in [1.29, 1.82) is 0 Å². The fourth-order valence-corrected chi connectivity index (χ4v) is 1.96. The molecule has 0 fully saturated rings. The predicted molar refractivity (Wildman–Crippen MR) is 75.9 cm³/mol. The van der Waals surface area contributed by atoms with Gasteiger partial charge in [-0.05, 0) is 31.5 Å². The zero-order valence-electron chi connectivity index (χ0n) is 10.9. The van der Waals surface area contributed by atoms with Gasteiger partial charge in [-0.3, -0.25) is 9.59 Å². The fraction of sp³-hybridized carbons (Fsp3) is 0.385. The lowest BCUT2D eigenvalue weighted by molar-refractivity contribution is -0.133. The first-order valence-electron chi connectivity index (χ1n) is 5.85. The van der Waals surface area contributed by atoms with E-state index in [1.807, 2.05) is 26.0 Å². The molecule has 19 heavy (non-hydrogen) atoms. The third kappa shape index (κ3) is 5.65. The van der Waals surface area contributed by atoms with Gasteiger partial charge >= 0.3 is 5.97 Å². The van der Waals surface area contributed by atoms with E-state index in [1.165, 1.54) is 0 Å². The van der Waals surface area contributed by atoms with Gasteiger partial charge < -0.3 is 15.2 Å². The molecule has 0 aromatic heterocycles. The molecule has 0 heterocycles. The molecule has 0 saturated heterocycles. The Hall–Kier alpha value is -1.69. The van der Waals surface area contributed by atoms with Gasteiger partial charge in [-0.2, -0.15) is 0 Å². The fourth-order valence-electron chi connectivity index (χ4n) is 1.43. The van der Waals surface area contributed by atoms with E-state index in [0.29, 0.717) is 18.0 Å². The van der Waals surface area contributed by atoms with Crippen LogP contribution >= 0.6 is 11.8 Å². The Balaban J connectivity index is 2.60. The monoisotopic (exact) mass is 283 g/mol. The molecule has 5 nitrogen and oxygen atoms in total. The van der Waals surface area contributed by atoms with Crippen LogP contribution in [0.4, 0.5) is 5.69 Å². The van der Waals surface area contributed by atoms with Crippen LogP contribution in [-0.2, 0) is 9.59 Å². The number of carboxylic acid groups (broad SMARTS) is 1. The SMILES string of the molecule is CCOc1cc(C)ccc1NC(=O)CSCC(=O)O. The number of aryl methyl sites for hydroxylation is 1. The number of benzene rings is 1. The molecule has 0 bridgehead atoms. The van der Waals surface area contributed by atoms with Crippen molar-refractivity contribution >= 4 is 29.3 Å². The number of rotatable bonds is 7. The van der Waals surface area contributed by atoms with Gasteiger partial charge in [0.05, 0.1) is 23.8 Å². The molecular weight excluding hydrogens is 266 g/mol. The van der Waals surface area contributed by atoms with Crippen LogP contribution in [0.5, 0.6) is 5.75 Å². The largest absolute Gasteiger partial charge is 0.492 e. The number of ether oxygens (including phenoxy) is 1. The standard InChI is InChI=1S/C13H17NO4S/c1-3-18-11-6-9(2)4-5-10(11)14-12(15)7-19-8-13(16)17/h4-6H,3,7-8H2,1-2H3,(H,14,15)(H,16,17). The highest BCUT2D eigenvalue weighted by molar-refractivity contribution is 8.00. The highest BCUT2D eigenvalue weighted by atomic mass is 32.2. The number of carbonyl (C=O) groups excluding carboxylic acids is 1. The second-order valence-electron chi connectivity index (χ2n) is 3.87. The van der Waals surface area contributed by atoms with Crippen molar-refractivity contribution in [2.75, 3.05) is 23.4 Å². The summed E-state index contributed by atoms with van der Waals surface area (Å²) in [6.45, 7) is 4.33. The quantitative estimate of drug-likeness (QED) is 0.802. The molecule has 0 aliphatic rings. The topological polar surface area (TPSA) is 75.6 Å². The number of amides is 1. The van der Waals surface area contributed by atoms with E-state index in [9.17, 15) is 9.59 Å². The lowest BCUT2D eigenvalue weighted by Gasteiger charge is -2.12. The number of hydrogen-bond donors (Lipinski definition) is 2. The molecule has 1 aromatic carbocycles. The van der Waals surface area contributed by atoms with Crippen LogP contribution in [0.3, 0.4) is 0 Å². The summed E-state index contributed by atoms with van der Waals surface area (Å²) in [4.78, 5) is 22.0. The van der Waals surface area contributed by atoms with Crippen LogP contribution in [-0.4, -0.2) is 35.1 Å². The number of carboxylic acids is 1. The Bertz CT molecular complexity index is 462. The number of anilines is 1. The third-order valence-corrected chi connectivity index (χ3v) is 3.09. The summed E-state index contributed by atoms with van der Waals surface area (Å²) in [5.74, 6) is -0.524. The normalized spacial score (nSPS) is 10.0. The number of aliphatic carboxylic acids is 1. The van der Waals surface area contributed by atoms with E-state index in [2.05, 4.69) is 5.32 Å². The lowest BCUT2D eigenvalue weighted by atomic mass is 10.2. The molecule has 6 heteroatoms. The van der Waals surface area contributed by atoms with Gasteiger partial charge in [-0.15, -0.1) is 11.8 Å². The Morgan fingerprint density at radius 3 is 2.74 bits per heavy atom. The molecule has 1 aromatic rings. The minimum absolute atomic E-state index is 0.0837. The highest BCUT2D eigenvalue weighted by Gasteiger charge is 2.09. The minimum Gasteiger partial charge on any atom is -0.492 e. The molecule has 0 atom stereocenters. The maximum atomic E-state index is 11.7. The van der Waals surface area contributed by atoms with Crippen LogP contribution < -0.4 is 10.1 Å². The number of hydrogen-bond acceptors (Lipinski definition) is 4. The summed E-state index contributed by atoms with van der Waals surface area (Å²) in [5, 5.41) is 11.2. The van der Waals surface area contributed by atoms with E-state index < -0.39 is 5.97 Å². The molecule has 0 unspecified atom stereocenters. The van der Waals surface area contributed by atoms with Crippen molar-refractivity contribution < 1.29 is 19.4 Å². The lowest BCUT2D eigenvalue weighted by Crippen LogP contribution is -2.16. The summed E-state index contributed by atoms with van der Waals surface area (Å²) in [6, 6.07) is 5.51. The molecule has 0 aliphatic carbocycles. The van der Waals surface area contributed by atoms with Crippen LogP contribution in [0.15, 0.2) is 18.2 Å². The molecule has 104 valence electrons. The first kappa shape index (κ1) is 15.4. The maximum absolute atomic E-state index is 11.7. The van der Waals surface area contributed by atoms with E-state index in [0.717, 1.165) is 17.3 Å². The third-order valence-electron chi connectivity index (χ3n) is 2.17. The molecule has 2 N–H and O–H groups in total. The summed E-state index contributed by atoms with van der Waals surface area (Å²) in [7, 11) is 0. The van der Waals surface area contributed by atoms with Crippen molar-refractivity contribution in [3.8, 4) is 5.75 Å². The van der Waals surface area contributed by atoms with Crippen LogP contribution in [0.25, 0.3) is 0 Å². The van der Waals surface area contributed by atoms with Gasteiger partial charge in [0, 0.05) is 0 Å². The van der Waals surface area contributed by atoms with Gasteiger partial charge in [0.1, 0.15) is 5.75 Å². The zero-order valence-corrected chi connectivity index (χ0v) is 11.8. The summed E-state index contributed by atoms with van der Waals surface area (Å²) >= 11 is 1.06. The number of thioether (sulfide) groups is 1. The number of nitrogens with one attached hydrogen (secondary N) is 1. The predicted octanol–water partition coefficient (Wildman–Crippen LogP) is 2.15. The summed E-state index contributed by atoms with van der Waals surface area (Å²) < 4.78 is 5.45. The average Bonchev–Trinajstić information content (AvgIpc) is 2.32. The van der Waals surface area contributed by atoms with Gasteiger partial charge in [0.15, 0.2) is 0 Å². The molecule has 0 aliphatic heterocycles.